The topological polar surface area (TPSA) is 9.23 Å². The monoisotopic (exact) mass is 329 g/mol. The van der Waals surface area contributed by atoms with Crippen molar-refractivity contribution in [2.24, 2.45) is 0 Å². The van der Waals surface area contributed by atoms with Crippen LogP contribution in [0.1, 0.15) is 50.7 Å². The van der Waals surface area contributed by atoms with Gasteiger partial charge in [0, 0.05) is 6.07 Å². The Morgan fingerprint density at radius 2 is 1.44 bits per heavy atom. The van der Waals surface area contributed by atoms with Crippen LogP contribution in [0.5, 0.6) is 11.5 Å². The first-order valence-corrected chi connectivity index (χ1v) is 8.94. The number of benzene rings is 3. The quantitative estimate of drug-likeness (QED) is 0.481. The van der Waals surface area contributed by atoms with E-state index in [0.717, 1.165) is 17.1 Å². The average Bonchev–Trinajstić information content (AvgIpc) is 2.62. The first-order valence-electron chi connectivity index (χ1n) is 8.94. The molecule has 0 spiro atoms. The molecule has 127 valence electrons. The summed E-state index contributed by atoms with van der Waals surface area (Å²) >= 11 is 0. The van der Waals surface area contributed by atoms with Gasteiger partial charge in [0.15, 0.2) is 0 Å². The molecule has 3 rings (SSSR count). The van der Waals surface area contributed by atoms with Crippen LogP contribution in [0, 0.1) is 6.07 Å². The molecule has 0 aliphatic heterocycles. The molecule has 1 nitrogen and oxygen atoms in total. The standard InChI is InChI=1S/C24H25O/c1-17(2)22-14-9-15-23(24(22)18(3)4)19-10-8-13-21(16-19)25-20-11-6-5-7-12-20/h5-15,17-18H,1-4H3. The molecule has 0 atom stereocenters. The molecular weight excluding hydrogens is 304 g/mol. The molecule has 0 amide bonds. The highest BCUT2D eigenvalue weighted by Crippen LogP contribution is 2.36. The van der Waals surface area contributed by atoms with Crippen molar-refractivity contribution in [3.8, 4) is 22.6 Å². The van der Waals surface area contributed by atoms with Crippen LogP contribution in [0.4, 0.5) is 0 Å². The van der Waals surface area contributed by atoms with Crippen LogP contribution in [-0.2, 0) is 0 Å². The van der Waals surface area contributed by atoms with E-state index in [2.05, 4.69) is 58.0 Å². The van der Waals surface area contributed by atoms with Crippen molar-refractivity contribution in [1.82, 2.24) is 0 Å². The molecule has 0 bridgehead atoms. The van der Waals surface area contributed by atoms with Gasteiger partial charge >= 0.3 is 0 Å². The third-order valence-corrected chi connectivity index (χ3v) is 4.37. The molecule has 0 aliphatic rings. The molecule has 25 heavy (non-hydrogen) atoms. The minimum atomic E-state index is 0.459. The summed E-state index contributed by atoms with van der Waals surface area (Å²) in [5, 5.41) is 0. The summed E-state index contributed by atoms with van der Waals surface area (Å²) in [6.45, 7) is 9.03. The zero-order valence-corrected chi connectivity index (χ0v) is 15.4. The number of hydrogen-bond acceptors (Lipinski definition) is 1. The first kappa shape index (κ1) is 17.3. The SMILES string of the molecule is CC(C)c1cccc(-c2[c]c(Oc3ccccc3)ccc2)c1C(C)C. The van der Waals surface area contributed by atoms with E-state index in [9.17, 15) is 0 Å². The van der Waals surface area contributed by atoms with Crippen LogP contribution in [0.15, 0.2) is 66.7 Å². The largest absolute Gasteiger partial charge is 0.457 e. The smallest absolute Gasteiger partial charge is 0.136 e. The van der Waals surface area contributed by atoms with Crippen LogP contribution in [0.2, 0.25) is 0 Å². The lowest BCUT2D eigenvalue weighted by atomic mass is 9.84. The van der Waals surface area contributed by atoms with Gasteiger partial charge in [0.05, 0.1) is 0 Å². The van der Waals surface area contributed by atoms with Gasteiger partial charge in [-0.15, -0.1) is 0 Å². The molecule has 0 N–H and O–H groups in total. The van der Waals surface area contributed by atoms with E-state index in [1.807, 2.05) is 42.5 Å². The van der Waals surface area contributed by atoms with Gasteiger partial charge in [-0.25, -0.2) is 0 Å². The molecule has 0 fully saturated rings. The lowest BCUT2D eigenvalue weighted by Crippen LogP contribution is -2.01. The van der Waals surface area contributed by atoms with Gasteiger partial charge in [0.25, 0.3) is 0 Å². The highest BCUT2D eigenvalue weighted by atomic mass is 16.5. The van der Waals surface area contributed by atoms with Gasteiger partial charge in [-0.1, -0.05) is 76.2 Å². The lowest BCUT2D eigenvalue weighted by molar-refractivity contribution is 0.482. The predicted octanol–water partition coefficient (Wildman–Crippen LogP) is 7.19. The maximum Gasteiger partial charge on any atom is 0.136 e. The van der Waals surface area contributed by atoms with Crippen LogP contribution < -0.4 is 4.74 Å². The molecule has 0 saturated heterocycles. The van der Waals surface area contributed by atoms with E-state index < -0.39 is 0 Å². The third-order valence-electron chi connectivity index (χ3n) is 4.37. The molecule has 3 aromatic carbocycles. The molecule has 1 heteroatoms. The first-order chi connectivity index (χ1) is 12.1. The fraction of sp³-hybridized carbons (Fsp3) is 0.250. The van der Waals surface area contributed by atoms with E-state index in [1.54, 1.807) is 0 Å². The lowest BCUT2D eigenvalue weighted by Gasteiger charge is -2.20. The highest BCUT2D eigenvalue weighted by Gasteiger charge is 2.16. The van der Waals surface area contributed by atoms with Crippen molar-refractivity contribution in [3.63, 3.8) is 0 Å². The second kappa shape index (κ2) is 7.57. The van der Waals surface area contributed by atoms with Crippen LogP contribution in [-0.4, -0.2) is 0 Å². The van der Waals surface area contributed by atoms with Gasteiger partial charge in [-0.2, -0.15) is 0 Å². The summed E-state index contributed by atoms with van der Waals surface area (Å²) in [7, 11) is 0. The molecule has 1 radical (unpaired) electrons. The highest BCUT2D eigenvalue weighted by molar-refractivity contribution is 5.70. The zero-order valence-electron chi connectivity index (χ0n) is 15.4. The van der Waals surface area contributed by atoms with Crippen LogP contribution in [0.25, 0.3) is 11.1 Å². The minimum absolute atomic E-state index is 0.459. The maximum atomic E-state index is 5.96. The van der Waals surface area contributed by atoms with Crippen molar-refractivity contribution < 1.29 is 4.74 Å². The Morgan fingerprint density at radius 3 is 2.12 bits per heavy atom. The van der Waals surface area contributed by atoms with Crippen molar-refractivity contribution in [2.75, 3.05) is 0 Å². The molecule has 0 saturated carbocycles. The Morgan fingerprint density at radius 1 is 0.720 bits per heavy atom. The van der Waals surface area contributed by atoms with Crippen LogP contribution in [0.3, 0.4) is 0 Å². The van der Waals surface area contributed by atoms with Crippen molar-refractivity contribution >= 4 is 0 Å². The van der Waals surface area contributed by atoms with E-state index in [0.29, 0.717) is 11.8 Å². The van der Waals surface area contributed by atoms with Crippen molar-refractivity contribution in [2.45, 2.75) is 39.5 Å². The number of ether oxygens (including phenoxy) is 1. The normalized spacial score (nSPS) is 11.1. The van der Waals surface area contributed by atoms with Gasteiger partial charge in [0.2, 0.25) is 0 Å². The zero-order chi connectivity index (χ0) is 17.8. The summed E-state index contributed by atoms with van der Waals surface area (Å²) in [6.07, 6.45) is 0. The fourth-order valence-corrected chi connectivity index (χ4v) is 3.25. The van der Waals surface area contributed by atoms with Crippen molar-refractivity contribution in [1.29, 1.82) is 0 Å². The Bertz CT molecular complexity index is 832. The Labute approximate surface area is 151 Å². The molecule has 0 heterocycles. The van der Waals surface area contributed by atoms with Crippen LogP contribution >= 0.6 is 0 Å². The van der Waals surface area contributed by atoms with Gasteiger partial charge in [-0.3, -0.25) is 0 Å². The maximum absolute atomic E-state index is 5.96. The molecule has 3 aromatic rings. The van der Waals surface area contributed by atoms with E-state index in [-0.39, 0.29) is 0 Å². The Kier molecular flexibility index (Phi) is 5.23. The summed E-state index contributed by atoms with van der Waals surface area (Å²) in [4.78, 5) is 0. The number of rotatable bonds is 5. The number of para-hydroxylation sites is 1. The number of hydrogen-bond donors (Lipinski definition) is 0. The minimum Gasteiger partial charge on any atom is -0.457 e. The predicted molar refractivity (Wildman–Crippen MR) is 105 cm³/mol. The van der Waals surface area contributed by atoms with E-state index in [4.69, 9.17) is 4.74 Å². The molecule has 0 unspecified atom stereocenters. The third kappa shape index (κ3) is 3.93. The molecular formula is C24H25O. The van der Waals surface area contributed by atoms with Crippen molar-refractivity contribution in [3.05, 3.63) is 83.9 Å². The Balaban J connectivity index is 2.03. The van der Waals surface area contributed by atoms with Gasteiger partial charge in [-0.05, 0) is 52.3 Å². The average molecular weight is 329 g/mol. The molecule has 0 aromatic heterocycles. The van der Waals surface area contributed by atoms with Gasteiger partial charge < -0.3 is 4.74 Å². The Hall–Kier alpha value is -2.54. The summed E-state index contributed by atoms with van der Waals surface area (Å²) in [5.74, 6) is 2.53. The molecule has 0 aliphatic carbocycles. The second-order valence-electron chi connectivity index (χ2n) is 6.96. The van der Waals surface area contributed by atoms with Gasteiger partial charge in [0.1, 0.15) is 11.5 Å². The second-order valence-corrected chi connectivity index (χ2v) is 6.96. The summed E-state index contributed by atoms with van der Waals surface area (Å²) < 4.78 is 5.96. The summed E-state index contributed by atoms with van der Waals surface area (Å²) in [6, 6.07) is 26.0. The van der Waals surface area contributed by atoms with E-state index >= 15 is 0 Å². The fourth-order valence-electron chi connectivity index (χ4n) is 3.25. The summed E-state index contributed by atoms with van der Waals surface area (Å²) in [5.41, 5.74) is 5.15. The van der Waals surface area contributed by atoms with E-state index in [1.165, 1.54) is 16.7 Å².